The second-order valence-corrected chi connectivity index (χ2v) is 6.61. The van der Waals surface area contributed by atoms with E-state index in [0.29, 0.717) is 23.5 Å². The van der Waals surface area contributed by atoms with Gasteiger partial charge in [-0.1, -0.05) is 30.3 Å². The Morgan fingerprint density at radius 1 is 1.17 bits per heavy atom. The molecule has 3 rings (SSSR count). The second kappa shape index (κ2) is 9.41. The molecule has 10 nitrogen and oxygen atoms in total. The van der Waals surface area contributed by atoms with Crippen LogP contribution in [0.15, 0.2) is 64.7 Å². The summed E-state index contributed by atoms with van der Waals surface area (Å²) in [5.41, 5.74) is 9.76. The Balaban J connectivity index is 1.59. The van der Waals surface area contributed by atoms with E-state index in [9.17, 15) is 19.7 Å². The summed E-state index contributed by atoms with van der Waals surface area (Å²) in [6, 6.07) is 14.6. The van der Waals surface area contributed by atoms with Gasteiger partial charge in [0.15, 0.2) is 0 Å². The highest BCUT2D eigenvalue weighted by Gasteiger charge is 2.25. The molecule has 0 saturated heterocycles. The first-order valence-corrected chi connectivity index (χ1v) is 9.17. The fourth-order valence-corrected chi connectivity index (χ4v) is 2.77. The van der Waals surface area contributed by atoms with Crippen LogP contribution in [0.3, 0.4) is 0 Å². The number of hydrogen-bond acceptors (Lipinski definition) is 7. The topological polar surface area (TPSA) is 138 Å². The zero-order chi connectivity index (χ0) is 21.5. The summed E-state index contributed by atoms with van der Waals surface area (Å²) in [5.74, 6) is -0.316. The number of benzene rings is 2. The predicted molar refractivity (Wildman–Crippen MR) is 111 cm³/mol. The van der Waals surface area contributed by atoms with E-state index < -0.39 is 22.8 Å². The van der Waals surface area contributed by atoms with Crippen molar-refractivity contribution in [2.45, 2.75) is 25.8 Å². The summed E-state index contributed by atoms with van der Waals surface area (Å²) in [6.45, 7) is 1.66. The van der Waals surface area contributed by atoms with Gasteiger partial charge in [0.25, 0.3) is 11.6 Å². The molecule has 2 amide bonds. The molecule has 0 aliphatic carbocycles. The van der Waals surface area contributed by atoms with Crippen LogP contribution in [0.4, 0.5) is 5.69 Å². The maximum Gasteiger partial charge on any atom is 0.269 e. The smallest absolute Gasteiger partial charge is 0.269 e. The lowest BCUT2D eigenvalue weighted by molar-refractivity contribution is -0.384. The number of rotatable bonds is 7. The zero-order valence-corrected chi connectivity index (χ0v) is 16.2. The fourth-order valence-electron chi connectivity index (χ4n) is 2.77. The van der Waals surface area contributed by atoms with Gasteiger partial charge in [0.05, 0.1) is 17.1 Å². The summed E-state index contributed by atoms with van der Waals surface area (Å²) in [4.78, 5) is 38.8. The van der Waals surface area contributed by atoms with E-state index >= 15 is 0 Å². The SMILES string of the molecule is CC(=NNC(=O)C[C@@H]1N=C(Cc2ccccc2)NNC1=O)c1ccc([N+](=O)[O-])cc1. The van der Waals surface area contributed by atoms with Crippen molar-refractivity contribution in [3.8, 4) is 0 Å². The molecule has 1 aliphatic rings. The maximum atomic E-state index is 12.2. The quantitative estimate of drug-likeness (QED) is 0.362. The van der Waals surface area contributed by atoms with Crippen molar-refractivity contribution in [1.82, 2.24) is 16.3 Å². The highest BCUT2D eigenvalue weighted by molar-refractivity contribution is 6.00. The Bertz CT molecular complexity index is 1000. The Morgan fingerprint density at radius 3 is 2.53 bits per heavy atom. The molecule has 10 heteroatoms. The number of nitrogens with one attached hydrogen (secondary N) is 3. The van der Waals surface area contributed by atoms with Gasteiger partial charge in [0.1, 0.15) is 11.9 Å². The Hall–Kier alpha value is -4.08. The molecule has 0 aromatic heterocycles. The predicted octanol–water partition coefficient (Wildman–Crippen LogP) is 1.47. The third-order valence-corrected chi connectivity index (χ3v) is 4.38. The van der Waals surface area contributed by atoms with Crippen LogP contribution in [0.25, 0.3) is 0 Å². The maximum absolute atomic E-state index is 12.2. The van der Waals surface area contributed by atoms with E-state index in [0.717, 1.165) is 5.56 Å². The summed E-state index contributed by atoms with van der Waals surface area (Å²) >= 11 is 0. The standard InChI is InChI=1S/C20H20N6O4/c1-13(15-7-9-16(10-8-15)26(29)30)22-24-19(27)12-17-20(28)25-23-18(21-17)11-14-5-3-2-4-6-14/h2-10,17H,11-12H2,1H3,(H,21,23)(H,24,27)(H,25,28)/t17-/m0/s1. The first-order valence-electron chi connectivity index (χ1n) is 9.17. The van der Waals surface area contributed by atoms with Gasteiger partial charge in [0, 0.05) is 18.6 Å². The van der Waals surface area contributed by atoms with Crippen molar-refractivity contribution >= 4 is 29.0 Å². The van der Waals surface area contributed by atoms with Gasteiger partial charge in [-0.05, 0) is 30.2 Å². The zero-order valence-electron chi connectivity index (χ0n) is 16.2. The molecule has 1 heterocycles. The summed E-state index contributed by atoms with van der Waals surface area (Å²) in [7, 11) is 0. The number of hydrogen-bond donors (Lipinski definition) is 3. The van der Waals surface area contributed by atoms with Crippen LogP contribution in [0.5, 0.6) is 0 Å². The number of carbonyl (C=O) groups excluding carboxylic acids is 2. The Morgan fingerprint density at radius 2 is 1.87 bits per heavy atom. The number of nitro groups is 1. The molecule has 1 aliphatic heterocycles. The molecule has 0 bridgehead atoms. The van der Waals surface area contributed by atoms with Gasteiger partial charge in [-0.25, -0.2) is 5.43 Å². The summed E-state index contributed by atoms with van der Waals surface area (Å²) < 4.78 is 0. The van der Waals surface area contributed by atoms with Gasteiger partial charge in [-0.2, -0.15) is 5.10 Å². The van der Waals surface area contributed by atoms with E-state index in [1.165, 1.54) is 12.1 Å². The average Bonchev–Trinajstić information content (AvgIpc) is 2.75. The lowest BCUT2D eigenvalue weighted by atomic mass is 10.1. The van der Waals surface area contributed by atoms with E-state index in [1.807, 2.05) is 30.3 Å². The normalized spacial score (nSPS) is 16.2. The highest BCUT2D eigenvalue weighted by atomic mass is 16.6. The number of hydrazone groups is 1. The number of aliphatic imine (C=N–C) groups is 1. The lowest BCUT2D eigenvalue weighted by Gasteiger charge is -2.21. The first kappa shape index (κ1) is 20.6. The third kappa shape index (κ3) is 5.47. The van der Waals surface area contributed by atoms with Crippen molar-refractivity contribution in [3.05, 3.63) is 75.8 Å². The van der Waals surface area contributed by atoms with Crippen LogP contribution in [0.1, 0.15) is 24.5 Å². The monoisotopic (exact) mass is 408 g/mol. The van der Waals surface area contributed by atoms with Crippen molar-refractivity contribution in [2.75, 3.05) is 0 Å². The fraction of sp³-hybridized carbons (Fsp3) is 0.200. The summed E-state index contributed by atoms with van der Waals surface area (Å²) in [5, 5.41) is 14.7. The largest absolute Gasteiger partial charge is 0.285 e. The number of nitrogens with zero attached hydrogens (tertiary/aromatic N) is 3. The number of non-ortho nitro benzene ring substituents is 1. The molecule has 3 N–H and O–H groups in total. The van der Waals surface area contributed by atoms with Gasteiger partial charge in [-0.15, -0.1) is 0 Å². The molecule has 2 aromatic carbocycles. The Labute approximate surface area is 172 Å². The molecule has 0 unspecified atom stereocenters. The van der Waals surface area contributed by atoms with Gasteiger partial charge < -0.3 is 0 Å². The molecule has 0 spiro atoms. The average molecular weight is 408 g/mol. The van der Waals surface area contributed by atoms with Crippen molar-refractivity contribution in [3.63, 3.8) is 0 Å². The van der Waals surface area contributed by atoms with Gasteiger partial charge in [0.2, 0.25) is 5.91 Å². The van der Waals surface area contributed by atoms with Crippen molar-refractivity contribution in [2.24, 2.45) is 10.1 Å². The van der Waals surface area contributed by atoms with Crippen LogP contribution in [0, 0.1) is 10.1 Å². The molecule has 30 heavy (non-hydrogen) atoms. The number of carbonyl (C=O) groups is 2. The molecule has 1 atom stereocenters. The van der Waals surface area contributed by atoms with E-state index in [2.05, 4.69) is 26.4 Å². The minimum absolute atomic E-state index is 0.0309. The number of amidine groups is 1. The molecule has 0 fully saturated rings. The first-order chi connectivity index (χ1) is 14.4. The van der Waals surface area contributed by atoms with E-state index in [1.54, 1.807) is 19.1 Å². The van der Waals surface area contributed by atoms with Crippen LogP contribution in [-0.4, -0.2) is 34.3 Å². The van der Waals surface area contributed by atoms with E-state index in [-0.39, 0.29) is 12.1 Å². The van der Waals surface area contributed by atoms with Gasteiger partial charge >= 0.3 is 0 Å². The van der Waals surface area contributed by atoms with Crippen LogP contribution in [0.2, 0.25) is 0 Å². The third-order valence-electron chi connectivity index (χ3n) is 4.38. The van der Waals surface area contributed by atoms with Crippen LogP contribution < -0.4 is 16.3 Å². The Kier molecular flexibility index (Phi) is 6.48. The minimum Gasteiger partial charge on any atom is -0.285 e. The molecular weight excluding hydrogens is 388 g/mol. The van der Waals surface area contributed by atoms with E-state index in [4.69, 9.17) is 0 Å². The second-order valence-electron chi connectivity index (χ2n) is 6.61. The molecular formula is C20H20N6O4. The van der Waals surface area contributed by atoms with Crippen molar-refractivity contribution in [1.29, 1.82) is 0 Å². The number of amides is 2. The van der Waals surface area contributed by atoms with Crippen LogP contribution in [-0.2, 0) is 16.0 Å². The molecule has 0 saturated carbocycles. The van der Waals surface area contributed by atoms with Crippen LogP contribution >= 0.6 is 0 Å². The number of nitro benzene ring substituents is 1. The van der Waals surface area contributed by atoms with Gasteiger partial charge in [-0.3, -0.25) is 35.5 Å². The molecule has 0 radical (unpaired) electrons. The lowest BCUT2D eigenvalue weighted by Crippen LogP contribution is -2.52. The minimum atomic E-state index is -0.861. The van der Waals surface area contributed by atoms with Crippen molar-refractivity contribution < 1.29 is 14.5 Å². The number of hydrazine groups is 1. The molecule has 154 valence electrons. The summed E-state index contributed by atoms with van der Waals surface area (Å²) in [6.07, 6.45) is 0.333. The highest BCUT2D eigenvalue weighted by Crippen LogP contribution is 2.12. The molecule has 2 aromatic rings.